The van der Waals surface area contributed by atoms with Crippen LogP contribution in [0.3, 0.4) is 0 Å². The van der Waals surface area contributed by atoms with Crippen LogP contribution in [0.4, 0.5) is 11.4 Å². The number of nitrogen functional groups attached to an aromatic ring is 1. The Morgan fingerprint density at radius 2 is 2.19 bits per heavy atom. The highest BCUT2D eigenvalue weighted by Gasteiger charge is 2.12. The number of carbonyl (C=O) groups excluding carboxylic acids is 1. The Hall–Kier alpha value is -1.71. The van der Waals surface area contributed by atoms with Gasteiger partial charge in [0.05, 0.1) is 16.9 Å². The summed E-state index contributed by atoms with van der Waals surface area (Å²) in [5, 5.41) is 3.24. The van der Waals surface area contributed by atoms with Crippen LogP contribution in [0.1, 0.15) is 37.0 Å². The van der Waals surface area contributed by atoms with Gasteiger partial charge in [-0.1, -0.05) is 19.4 Å². The summed E-state index contributed by atoms with van der Waals surface area (Å²) in [6, 6.07) is 5.44. The molecule has 5 N–H and O–H groups in total. The number of carbonyl (C=O) groups is 1. The second-order valence-electron chi connectivity index (χ2n) is 3.97. The van der Waals surface area contributed by atoms with Gasteiger partial charge in [-0.05, 0) is 25.5 Å². The van der Waals surface area contributed by atoms with Gasteiger partial charge in [-0.3, -0.25) is 4.79 Å². The van der Waals surface area contributed by atoms with Crippen LogP contribution in [0.5, 0.6) is 0 Å². The molecule has 0 heterocycles. The van der Waals surface area contributed by atoms with Gasteiger partial charge in [-0.15, -0.1) is 0 Å². The fourth-order valence-electron chi connectivity index (χ4n) is 1.69. The number of hydrogen-bond acceptors (Lipinski definition) is 3. The minimum atomic E-state index is -0.460. The van der Waals surface area contributed by atoms with Crippen LogP contribution in [0.15, 0.2) is 18.2 Å². The second-order valence-corrected chi connectivity index (χ2v) is 3.97. The van der Waals surface area contributed by atoms with Crippen molar-refractivity contribution in [2.75, 3.05) is 11.1 Å². The zero-order chi connectivity index (χ0) is 12.1. The Morgan fingerprint density at radius 3 is 2.75 bits per heavy atom. The highest BCUT2D eigenvalue weighted by Crippen LogP contribution is 2.24. The zero-order valence-corrected chi connectivity index (χ0v) is 9.79. The summed E-state index contributed by atoms with van der Waals surface area (Å²) < 4.78 is 0. The molecular formula is C12H19N3O. The molecule has 88 valence electrons. The van der Waals surface area contributed by atoms with Crippen LogP contribution in [-0.2, 0) is 0 Å². The standard InChI is InChI=1S/C12H19N3O/c1-3-5-8(2)15-11-9(12(14)16)6-4-7-10(11)13/h4,6-8,15H,3,5,13H2,1-2H3,(H2,14,16). The fourth-order valence-corrected chi connectivity index (χ4v) is 1.69. The van der Waals surface area contributed by atoms with E-state index in [-0.39, 0.29) is 6.04 Å². The van der Waals surface area contributed by atoms with Gasteiger partial charge in [0, 0.05) is 6.04 Å². The Bertz CT molecular complexity index is 377. The summed E-state index contributed by atoms with van der Waals surface area (Å²) in [6.07, 6.45) is 2.10. The van der Waals surface area contributed by atoms with Gasteiger partial charge < -0.3 is 16.8 Å². The third-order valence-electron chi connectivity index (χ3n) is 2.47. The van der Waals surface area contributed by atoms with Crippen molar-refractivity contribution in [3.8, 4) is 0 Å². The van der Waals surface area contributed by atoms with E-state index in [1.54, 1.807) is 18.2 Å². The molecule has 1 aromatic carbocycles. The molecule has 4 nitrogen and oxygen atoms in total. The maximum absolute atomic E-state index is 11.2. The van der Waals surface area contributed by atoms with Crippen LogP contribution in [0.25, 0.3) is 0 Å². The average Bonchev–Trinajstić information content (AvgIpc) is 2.21. The van der Waals surface area contributed by atoms with E-state index in [1.807, 2.05) is 0 Å². The van der Waals surface area contributed by atoms with E-state index in [1.165, 1.54) is 0 Å². The van der Waals surface area contributed by atoms with Crippen LogP contribution in [0, 0.1) is 0 Å². The molecule has 1 unspecified atom stereocenters. The van der Waals surface area contributed by atoms with Gasteiger partial charge in [-0.25, -0.2) is 0 Å². The molecule has 0 fully saturated rings. The van der Waals surface area contributed by atoms with Crippen molar-refractivity contribution in [1.82, 2.24) is 0 Å². The first-order valence-corrected chi connectivity index (χ1v) is 5.51. The highest BCUT2D eigenvalue weighted by atomic mass is 16.1. The van der Waals surface area contributed by atoms with E-state index in [4.69, 9.17) is 11.5 Å². The molecule has 0 aliphatic carbocycles. The molecule has 0 aliphatic rings. The molecule has 0 saturated heterocycles. The number of para-hydroxylation sites is 1. The third kappa shape index (κ3) is 2.89. The number of benzene rings is 1. The number of nitrogens with two attached hydrogens (primary N) is 2. The lowest BCUT2D eigenvalue weighted by molar-refractivity contribution is 0.100. The van der Waals surface area contributed by atoms with Crippen LogP contribution in [0.2, 0.25) is 0 Å². The molecule has 0 saturated carbocycles. The Kier molecular flexibility index (Phi) is 4.17. The van der Waals surface area contributed by atoms with Crippen molar-refractivity contribution in [2.45, 2.75) is 32.7 Å². The molecular weight excluding hydrogens is 202 g/mol. The van der Waals surface area contributed by atoms with E-state index < -0.39 is 5.91 Å². The number of primary amides is 1. The fraction of sp³-hybridized carbons (Fsp3) is 0.417. The van der Waals surface area contributed by atoms with Crippen molar-refractivity contribution < 1.29 is 4.79 Å². The maximum atomic E-state index is 11.2. The van der Waals surface area contributed by atoms with E-state index in [0.717, 1.165) is 12.8 Å². The number of anilines is 2. The monoisotopic (exact) mass is 221 g/mol. The first-order valence-electron chi connectivity index (χ1n) is 5.51. The van der Waals surface area contributed by atoms with E-state index in [2.05, 4.69) is 19.2 Å². The number of rotatable bonds is 5. The van der Waals surface area contributed by atoms with Crippen molar-refractivity contribution >= 4 is 17.3 Å². The second kappa shape index (κ2) is 5.39. The van der Waals surface area contributed by atoms with Gasteiger partial charge in [-0.2, -0.15) is 0 Å². The van der Waals surface area contributed by atoms with Crippen molar-refractivity contribution in [3.63, 3.8) is 0 Å². The van der Waals surface area contributed by atoms with Gasteiger partial charge in [0.25, 0.3) is 5.91 Å². The molecule has 1 amide bonds. The molecule has 0 aromatic heterocycles. The molecule has 4 heteroatoms. The van der Waals surface area contributed by atoms with Crippen LogP contribution in [-0.4, -0.2) is 11.9 Å². The maximum Gasteiger partial charge on any atom is 0.250 e. The van der Waals surface area contributed by atoms with E-state index in [9.17, 15) is 4.79 Å². The minimum absolute atomic E-state index is 0.271. The normalized spacial score (nSPS) is 12.1. The summed E-state index contributed by atoms with van der Waals surface area (Å²) in [6.45, 7) is 4.17. The molecule has 1 atom stereocenters. The topological polar surface area (TPSA) is 81.1 Å². The molecule has 1 rings (SSSR count). The number of hydrogen-bond donors (Lipinski definition) is 3. The van der Waals surface area contributed by atoms with Gasteiger partial charge >= 0.3 is 0 Å². The third-order valence-corrected chi connectivity index (χ3v) is 2.47. The molecule has 0 radical (unpaired) electrons. The lowest BCUT2D eigenvalue weighted by Gasteiger charge is -2.18. The SMILES string of the molecule is CCCC(C)Nc1c(N)cccc1C(N)=O. The summed E-state index contributed by atoms with van der Waals surface area (Å²) in [7, 11) is 0. The summed E-state index contributed by atoms with van der Waals surface area (Å²) in [5.41, 5.74) is 12.8. The summed E-state index contributed by atoms with van der Waals surface area (Å²) in [4.78, 5) is 11.2. The van der Waals surface area contributed by atoms with Crippen molar-refractivity contribution in [1.29, 1.82) is 0 Å². The largest absolute Gasteiger partial charge is 0.397 e. The van der Waals surface area contributed by atoms with Gasteiger partial charge in [0.1, 0.15) is 0 Å². The van der Waals surface area contributed by atoms with Crippen LogP contribution >= 0.6 is 0 Å². The first-order chi connectivity index (χ1) is 7.56. The van der Waals surface area contributed by atoms with E-state index in [0.29, 0.717) is 16.9 Å². The summed E-state index contributed by atoms with van der Waals surface area (Å²) in [5.74, 6) is -0.460. The minimum Gasteiger partial charge on any atom is -0.397 e. The van der Waals surface area contributed by atoms with E-state index >= 15 is 0 Å². The Morgan fingerprint density at radius 1 is 1.50 bits per heavy atom. The average molecular weight is 221 g/mol. The lowest BCUT2D eigenvalue weighted by atomic mass is 10.1. The molecule has 0 aliphatic heterocycles. The number of nitrogens with one attached hydrogen (secondary N) is 1. The Labute approximate surface area is 96.0 Å². The predicted octanol–water partition coefficient (Wildman–Crippen LogP) is 1.97. The first kappa shape index (κ1) is 12.4. The quantitative estimate of drug-likeness (QED) is 0.665. The highest BCUT2D eigenvalue weighted by molar-refractivity contribution is 6.01. The molecule has 0 bridgehead atoms. The Balaban J connectivity index is 2.97. The molecule has 16 heavy (non-hydrogen) atoms. The van der Waals surface area contributed by atoms with Gasteiger partial charge in [0.2, 0.25) is 0 Å². The zero-order valence-electron chi connectivity index (χ0n) is 9.79. The molecule has 0 spiro atoms. The van der Waals surface area contributed by atoms with Crippen molar-refractivity contribution in [2.24, 2.45) is 5.73 Å². The lowest BCUT2D eigenvalue weighted by Crippen LogP contribution is -2.20. The predicted molar refractivity (Wildman–Crippen MR) is 67.4 cm³/mol. The summed E-state index contributed by atoms with van der Waals surface area (Å²) >= 11 is 0. The van der Waals surface area contributed by atoms with Gasteiger partial charge in [0.15, 0.2) is 0 Å². The number of amides is 1. The van der Waals surface area contributed by atoms with Crippen LogP contribution < -0.4 is 16.8 Å². The van der Waals surface area contributed by atoms with Crippen molar-refractivity contribution in [3.05, 3.63) is 23.8 Å². The smallest absolute Gasteiger partial charge is 0.250 e. The molecule has 1 aromatic rings.